The Labute approximate surface area is 99.7 Å². The number of amides is 1. The van der Waals surface area contributed by atoms with Gasteiger partial charge in [0.1, 0.15) is 0 Å². The highest BCUT2D eigenvalue weighted by Gasteiger charge is 2.37. The molecule has 0 aliphatic carbocycles. The van der Waals surface area contributed by atoms with Crippen LogP contribution in [0.4, 0.5) is 10.5 Å². The number of halogens is 1. The molecular weight excluding hydrogens is 278 g/mol. The molecule has 1 aromatic rings. The number of carbonyl (C=O) groups excluding carboxylic acids is 1. The highest BCUT2D eigenvalue weighted by atomic mass is 79.9. The van der Waals surface area contributed by atoms with Crippen LogP contribution in [0.5, 0.6) is 0 Å². The summed E-state index contributed by atoms with van der Waals surface area (Å²) in [5.74, 6) is -1.14. The molecule has 5 nitrogen and oxygen atoms in total. The van der Waals surface area contributed by atoms with E-state index < -0.39 is 18.2 Å². The molecule has 0 saturated carbocycles. The van der Waals surface area contributed by atoms with Gasteiger partial charge in [-0.1, -0.05) is 12.1 Å². The number of carboxylic acids is 1. The Morgan fingerprint density at radius 1 is 1.50 bits per heavy atom. The minimum Gasteiger partial charge on any atom is -0.478 e. The quantitative estimate of drug-likeness (QED) is 0.901. The lowest BCUT2D eigenvalue weighted by molar-refractivity contribution is -0.144. The fourth-order valence-corrected chi connectivity index (χ4v) is 1.96. The van der Waals surface area contributed by atoms with Crippen LogP contribution in [0, 0.1) is 0 Å². The van der Waals surface area contributed by atoms with E-state index in [9.17, 15) is 9.59 Å². The van der Waals surface area contributed by atoms with E-state index in [0.717, 1.165) is 4.47 Å². The first-order valence-electron chi connectivity index (χ1n) is 4.55. The van der Waals surface area contributed by atoms with E-state index in [-0.39, 0.29) is 6.54 Å². The summed E-state index contributed by atoms with van der Waals surface area (Å²) in [6.07, 6.45) is -1.74. The van der Waals surface area contributed by atoms with E-state index in [1.54, 1.807) is 18.2 Å². The number of benzene rings is 1. The van der Waals surface area contributed by atoms with Crippen molar-refractivity contribution in [3.63, 3.8) is 0 Å². The summed E-state index contributed by atoms with van der Waals surface area (Å²) in [4.78, 5) is 23.4. The van der Waals surface area contributed by atoms with Crippen molar-refractivity contribution < 1.29 is 19.4 Å². The number of hydrogen-bond donors (Lipinski definition) is 1. The first-order valence-corrected chi connectivity index (χ1v) is 5.34. The number of carbonyl (C=O) groups is 2. The standard InChI is InChI=1S/C10H8BrNO4/c11-6-3-1-2-4-7(6)12-5-8(9(13)14)16-10(12)15/h1-4,8H,5H2,(H,13,14)/t8-/m1/s1. The molecule has 1 aliphatic rings. The predicted octanol–water partition coefficient (Wildman–Crippen LogP) is 1.86. The Balaban J connectivity index is 2.27. The third-order valence-electron chi connectivity index (χ3n) is 2.23. The van der Waals surface area contributed by atoms with Gasteiger partial charge < -0.3 is 9.84 Å². The first kappa shape index (κ1) is 10.9. The molecule has 0 aromatic heterocycles. The molecule has 1 fully saturated rings. The molecule has 1 atom stereocenters. The van der Waals surface area contributed by atoms with Gasteiger partial charge in [0.2, 0.25) is 6.10 Å². The van der Waals surface area contributed by atoms with Crippen LogP contribution in [0.3, 0.4) is 0 Å². The van der Waals surface area contributed by atoms with Crippen molar-refractivity contribution in [1.29, 1.82) is 0 Å². The zero-order chi connectivity index (χ0) is 11.7. The van der Waals surface area contributed by atoms with Gasteiger partial charge in [0.25, 0.3) is 0 Å². The molecule has 1 aromatic carbocycles. The number of ether oxygens (including phenoxy) is 1. The Morgan fingerprint density at radius 3 is 2.75 bits per heavy atom. The normalized spacial score (nSPS) is 19.7. The van der Waals surface area contributed by atoms with E-state index in [0.29, 0.717) is 5.69 Å². The molecule has 1 heterocycles. The van der Waals surface area contributed by atoms with Gasteiger partial charge in [-0.15, -0.1) is 0 Å². The summed E-state index contributed by atoms with van der Waals surface area (Å²) >= 11 is 3.29. The molecule has 6 heteroatoms. The summed E-state index contributed by atoms with van der Waals surface area (Å²) in [5, 5.41) is 8.75. The second-order valence-corrected chi connectivity index (χ2v) is 4.13. The van der Waals surface area contributed by atoms with Gasteiger partial charge in [-0.3, -0.25) is 4.90 Å². The molecule has 0 bridgehead atoms. The second kappa shape index (κ2) is 4.13. The molecule has 2 rings (SSSR count). The number of carboxylic acid groups (broad SMARTS) is 1. The summed E-state index contributed by atoms with van der Waals surface area (Å²) in [6, 6.07) is 7.07. The molecular formula is C10H8BrNO4. The molecule has 0 spiro atoms. The third kappa shape index (κ3) is 1.88. The lowest BCUT2D eigenvalue weighted by atomic mass is 10.3. The maximum absolute atomic E-state index is 11.5. The molecule has 1 N–H and O–H groups in total. The maximum Gasteiger partial charge on any atom is 0.415 e. The average Bonchev–Trinajstić information content (AvgIpc) is 2.61. The monoisotopic (exact) mass is 285 g/mol. The minimum absolute atomic E-state index is 0.0246. The van der Waals surface area contributed by atoms with Crippen molar-refractivity contribution in [2.75, 3.05) is 11.4 Å². The highest BCUT2D eigenvalue weighted by Crippen LogP contribution is 2.29. The van der Waals surface area contributed by atoms with E-state index in [1.165, 1.54) is 4.90 Å². The van der Waals surface area contributed by atoms with Crippen molar-refractivity contribution >= 4 is 33.7 Å². The van der Waals surface area contributed by atoms with Gasteiger partial charge in [0, 0.05) is 4.47 Å². The molecule has 1 aliphatic heterocycles. The zero-order valence-electron chi connectivity index (χ0n) is 8.09. The summed E-state index contributed by atoms with van der Waals surface area (Å²) in [6.45, 7) is 0.0246. The van der Waals surface area contributed by atoms with E-state index in [1.807, 2.05) is 6.07 Å². The average molecular weight is 286 g/mol. The van der Waals surface area contributed by atoms with Crippen molar-refractivity contribution in [2.45, 2.75) is 6.10 Å². The van der Waals surface area contributed by atoms with Gasteiger partial charge >= 0.3 is 12.1 Å². The largest absolute Gasteiger partial charge is 0.478 e. The number of anilines is 1. The number of aliphatic carboxylic acids is 1. The Bertz CT molecular complexity index is 448. The molecule has 84 valence electrons. The summed E-state index contributed by atoms with van der Waals surface area (Å²) in [7, 11) is 0. The topological polar surface area (TPSA) is 66.8 Å². The number of hydrogen-bond acceptors (Lipinski definition) is 3. The smallest absolute Gasteiger partial charge is 0.415 e. The SMILES string of the molecule is O=C(O)[C@H]1CN(c2ccccc2Br)C(=O)O1. The second-order valence-electron chi connectivity index (χ2n) is 3.27. The third-order valence-corrected chi connectivity index (χ3v) is 2.90. The lowest BCUT2D eigenvalue weighted by Crippen LogP contribution is -2.27. The van der Waals surface area contributed by atoms with Gasteiger partial charge in [-0.2, -0.15) is 0 Å². The molecule has 1 saturated heterocycles. The van der Waals surface area contributed by atoms with Gasteiger partial charge in [0.05, 0.1) is 12.2 Å². The molecule has 16 heavy (non-hydrogen) atoms. The van der Waals surface area contributed by atoms with Crippen molar-refractivity contribution in [2.24, 2.45) is 0 Å². The Kier molecular flexibility index (Phi) is 2.82. The number of cyclic esters (lactones) is 1. The number of rotatable bonds is 2. The highest BCUT2D eigenvalue weighted by molar-refractivity contribution is 9.10. The molecule has 0 radical (unpaired) electrons. The minimum atomic E-state index is -1.14. The fourth-order valence-electron chi connectivity index (χ4n) is 1.46. The maximum atomic E-state index is 11.5. The van der Waals surface area contributed by atoms with Gasteiger partial charge in [-0.05, 0) is 28.1 Å². The number of para-hydroxylation sites is 1. The van der Waals surface area contributed by atoms with Crippen LogP contribution >= 0.6 is 15.9 Å². The summed E-state index contributed by atoms with van der Waals surface area (Å²) < 4.78 is 5.43. The Hall–Kier alpha value is -1.56. The van der Waals surface area contributed by atoms with E-state index in [2.05, 4.69) is 15.9 Å². The molecule has 1 amide bonds. The van der Waals surface area contributed by atoms with Crippen LogP contribution in [0.15, 0.2) is 28.7 Å². The van der Waals surface area contributed by atoms with Crippen LogP contribution in [-0.4, -0.2) is 29.8 Å². The van der Waals surface area contributed by atoms with Crippen LogP contribution in [0.1, 0.15) is 0 Å². The van der Waals surface area contributed by atoms with Crippen LogP contribution in [0.25, 0.3) is 0 Å². The first-order chi connectivity index (χ1) is 7.59. The van der Waals surface area contributed by atoms with Crippen LogP contribution in [-0.2, 0) is 9.53 Å². The van der Waals surface area contributed by atoms with Crippen LogP contribution < -0.4 is 4.90 Å². The van der Waals surface area contributed by atoms with Gasteiger partial charge in [0.15, 0.2) is 0 Å². The Morgan fingerprint density at radius 2 is 2.19 bits per heavy atom. The predicted molar refractivity (Wildman–Crippen MR) is 59.4 cm³/mol. The van der Waals surface area contributed by atoms with Crippen molar-refractivity contribution in [1.82, 2.24) is 0 Å². The number of nitrogens with zero attached hydrogens (tertiary/aromatic N) is 1. The molecule has 0 unspecified atom stereocenters. The zero-order valence-corrected chi connectivity index (χ0v) is 9.68. The van der Waals surface area contributed by atoms with E-state index in [4.69, 9.17) is 9.84 Å². The lowest BCUT2D eigenvalue weighted by Gasteiger charge is -2.13. The fraction of sp³-hybridized carbons (Fsp3) is 0.200. The van der Waals surface area contributed by atoms with E-state index >= 15 is 0 Å². The van der Waals surface area contributed by atoms with Gasteiger partial charge in [-0.25, -0.2) is 9.59 Å². The summed E-state index contributed by atoms with van der Waals surface area (Å²) in [5.41, 5.74) is 0.608. The van der Waals surface area contributed by atoms with Crippen molar-refractivity contribution in [3.05, 3.63) is 28.7 Å². The van der Waals surface area contributed by atoms with Crippen molar-refractivity contribution in [3.8, 4) is 0 Å². The van der Waals surface area contributed by atoms with Crippen LogP contribution in [0.2, 0.25) is 0 Å².